The number of aromatic nitrogens is 2. The second-order valence-electron chi connectivity index (χ2n) is 5.87. The molecule has 0 spiro atoms. The van der Waals surface area contributed by atoms with Crippen LogP contribution in [0.15, 0.2) is 0 Å². The third kappa shape index (κ3) is 5.21. The van der Waals surface area contributed by atoms with Crippen LogP contribution < -0.4 is 9.64 Å². The van der Waals surface area contributed by atoms with Crippen LogP contribution in [0, 0.1) is 0 Å². The molecule has 0 bridgehead atoms. The van der Waals surface area contributed by atoms with Crippen LogP contribution in [0.25, 0.3) is 0 Å². The largest absolute Gasteiger partial charge is 0.463 e. The average molecular weight is 418 g/mol. The molecule has 0 amide bonds. The van der Waals surface area contributed by atoms with Crippen LogP contribution in [-0.4, -0.2) is 72.1 Å². The number of carbonyl (C=O) groups is 2. The number of rotatable bonds is 8. The molecule has 0 unspecified atom stereocenters. The summed E-state index contributed by atoms with van der Waals surface area (Å²) in [6.07, 6.45) is -1.69. The van der Waals surface area contributed by atoms with Gasteiger partial charge < -0.3 is 29.0 Å². The van der Waals surface area contributed by atoms with Gasteiger partial charge >= 0.3 is 11.9 Å². The number of ether oxygens (including phenoxy) is 4. The second kappa shape index (κ2) is 10.4. The summed E-state index contributed by atoms with van der Waals surface area (Å²) in [4.78, 5) is 34.5. The Morgan fingerprint density at radius 1 is 1.29 bits per heavy atom. The van der Waals surface area contributed by atoms with Gasteiger partial charge in [0.15, 0.2) is 11.6 Å². The minimum absolute atomic E-state index is 0.0345. The van der Waals surface area contributed by atoms with Gasteiger partial charge in [0, 0.05) is 6.54 Å². The summed E-state index contributed by atoms with van der Waals surface area (Å²) in [7, 11) is 0. The maximum absolute atomic E-state index is 12.3. The molecule has 1 N–H and O–H groups in total. The van der Waals surface area contributed by atoms with Crippen molar-refractivity contribution in [2.75, 3.05) is 37.9 Å². The molecule has 2 heterocycles. The van der Waals surface area contributed by atoms with E-state index in [0.717, 1.165) is 0 Å². The highest BCUT2D eigenvalue weighted by Crippen LogP contribution is 2.34. The summed E-state index contributed by atoms with van der Waals surface area (Å²) in [6, 6.07) is -0.0859. The number of morpholine rings is 1. The smallest absolute Gasteiger partial charge is 0.359 e. The summed E-state index contributed by atoms with van der Waals surface area (Å²) in [5.74, 6) is -1.62. The SMILES string of the molecule is CCOC(=O)C(Oc1c(CO)nc(Cl)nc1N1CCOC[C@H]1C)C(=O)OCC. The van der Waals surface area contributed by atoms with E-state index in [1.54, 1.807) is 13.8 Å². The monoisotopic (exact) mass is 417 g/mol. The maximum Gasteiger partial charge on any atom is 0.359 e. The Hall–Kier alpha value is -2.17. The summed E-state index contributed by atoms with van der Waals surface area (Å²) < 4.78 is 20.9. The molecule has 1 aliphatic heterocycles. The first-order chi connectivity index (χ1) is 13.4. The molecule has 1 fully saturated rings. The van der Waals surface area contributed by atoms with Crippen molar-refractivity contribution in [3.05, 3.63) is 11.0 Å². The Balaban J connectivity index is 2.48. The number of halogens is 1. The number of nitrogens with zero attached hydrogens (tertiary/aromatic N) is 3. The molecule has 1 saturated heterocycles. The molecule has 11 heteroatoms. The van der Waals surface area contributed by atoms with E-state index in [2.05, 4.69) is 9.97 Å². The van der Waals surface area contributed by atoms with Crippen LogP contribution in [0.1, 0.15) is 26.5 Å². The van der Waals surface area contributed by atoms with Gasteiger partial charge in [0.1, 0.15) is 5.69 Å². The van der Waals surface area contributed by atoms with Gasteiger partial charge in [-0.15, -0.1) is 0 Å². The van der Waals surface area contributed by atoms with Crippen LogP contribution in [0.2, 0.25) is 5.28 Å². The summed E-state index contributed by atoms with van der Waals surface area (Å²) in [5, 5.41) is 9.62. The van der Waals surface area contributed by atoms with E-state index in [1.165, 1.54) is 0 Å². The molecule has 2 rings (SSSR count). The normalized spacial score (nSPS) is 16.8. The van der Waals surface area contributed by atoms with Gasteiger partial charge in [-0.25, -0.2) is 14.6 Å². The molecule has 28 heavy (non-hydrogen) atoms. The Kier molecular flexibility index (Phi) is 8.21. The fourth-order valence-corrected chi connectivity index (χ4v) is 2.85. The Bertz CT molecular complexity index is 686. The van der Waals surface area contributed by atoms with E-state index in [0.29, 0.717) is 19.8 Å². The van der Waals surface area contributed by atoms with Gasteiger partial charge in [0.05, 0.1) is 39.1 Å². The molecular weight excluding hydrogens is 394 g/mol. The lowest BCUT2D eigenvalue weighted by Gasteiger charge is -2.35. The molecule has 1 aromatic heterocycles. The Labute approximate surface area is 167 Å². The number of aliphatic hydroxyl groups is 1. The third-order valence-electron chi connectivity index (χ3n) is 3.92. The minimum atomic E-state index is -1.69. The zero-order valence-corrected chi connectivity index (χ0v) is 16.8. The topological polar surface area (TPSA) is 120 Å². The average Bonchev–Trinajstić information content (AvgIpc) is 2.67. The number of esters is 2. The Morgan fingerprint density at radius 2 is 1.93 bits per heavy atom. The molecular formula is C17H24ClN3O7. The van der Waals surface area contributed by atoms with Crippen LogP contribution in [0.5, 0.6) is 5.75 Å². The molecule has 0 aromatic carbocycles. The molecule has 1 atom stereocenters. The standard InChI is InChI=1S/C17H24ClN3O7/c1-4-26-15(23)13(16(24)27-5-2)28-12-11(8-22)19-17(18)20-14(12)21-6-7-25-9-10(21)3/h10,13,22H,4-9H2,1-3H3/t10-/m1/s1. The van der Waals surface area contributed by atoms with Crippen molar-refractivity contribution < 1.29 is 33.6 Å². The molecule has 1 aromatic rings. The highest BCUT2D eigenvalue weighted by atomic mass is 35.5. The first-order valence-corrected chi connectivity index (χ1v) is 9.32. The van der Waals surface area contributed by atoms with E-state index in [9.17, 15) is 14.7 Å². The van der Waals surface area contributed by atoms with E-state index >= 15 is 0 Å². The lowest BCUT2D eigenvalue weighted by atomic mass is 10.2. The maximum atomic E-state index is 12.3. The number of aliphatic hydroxyl groups excluding tert-OH is 1. The van der Waals surface area contributed by atoms with E-state index in [-0.39, 0.29) is 41.8 Å². The zero-order valence-electron chi connectivity index (χ0n) is 16.0. The molecule has 10 nitrogen and oxygen atoms in total. The quantitative estimate of drug-likeness (QED) is 0.368. The molecule has 1 aliphatic rings. The molecule has 0 aliphatic carbocycles. The van der Waals surface area contributed by atoms with Gasteiger partial charge in [-0.2, -0.15) is 4.98 Å². The fraction of sp³-hybridized carbons (Fsp3) is 0.647. The van der Waals surface area contributed by atoms with Crippen molar-refractivity contribution in [2.24, 2.45) is 0 Å². The summed E-state index contributed by atoms with van der Waals surface area (Å²) >= 11 is 6.00. The number of carbonyl (C=O) groups excluding carboxylic acids is 2. The molecule has 156 valence electrons. The van der Waals surface area contributed by atoms with Crippen LogP contribution in [0.3, 0.4) is 0 Å². The van der Waals surface area contributed by atoms with Crippen molar-refractivity contribution in [3.63, 3.8) is 0 Å². The fourth-order valence-electron chi connectivity index (χ4n) is 2.66. The van der Waals surface area contributed by atoms with Crippen LogP contribution >= 0.6 is 11.6 Å². The number of hydrogen-bond acceptors (Lipinski definition) is 10. The predicted molar refractivity (Wildman–Crippen MR) is 98.3 cm³/mol. The van der Waals surface area contributed by atoms with E-state index in [4.69, 9.17) is 30.5 Å². The van der Waals surface area contributed by atoms with E-state index in [1.807, 2.05) is 11.8 Å². The van der Waals surface area contributed by atoms with Crippen molar-refractivity contribution in [2.45, 2.75) is 39.5 Å². The third-order valence-corrected chi connectivity index (χ3v) is 4.09. The predicted octanol–water partition coefficient (Wildman–Crippen LogP) is 0.721. The highest BCUT2D eigenvalue weighted by Gasteiger charge is 2.36. The van der Waals surface area contributed by atoms with Gasteiger partial charge in [-0.1, -0.05) is 0 Å². The van der Waals surface area contributed by atoms with E-state index < -0.39 is 24.6 Å². The first kappa shape index (κ1) is 22.1. The van der Waals surface area contributed by atoms with Gasteiger partial charge in [0.25, 0.3) is 6.10 Å². The second-order valence-corrected chi connectivity index (χ2v) is 6.21. The van der Waals surface area contributed by atoms with Crippen molar-refractivity contribution in [1.29, 1.82) is 0 Å². The Morgan fingerprint density at radius 3 is 2.46 bits per heavy atom. The number of hydrogen-bond donors (Lipinski definition) is 1. The lowest BCUT2D eigenvalue weighted by molar-refractivity contribution is -0.166. The van der Waals surface area contributed by atoms with Crippen LogP contribution in [0.4, 0.5) is 5.82 Å². The molecule has 0 saturated carbocycles. The van der Waals surface area contributed by atoms with Crippen molar-refractivity contribution >= 4 is 29.4 Å². The van der Waals surface area contributed by atoms with Crippen molar-refractivity contribution in [1.82, 2.24) is 9.97 Å². The first-order valence-electron chi connectivity index (χ1n) is 8.94. The minimum Gasteiger partial charge on any atom is -0.463 e. The highest BCUT2D eigenvalue weighted by molar-refractivity contribution is 6.28. The zero-order chi connectivity index (χ0) is 20.7. The summed E-state index contributed by atoms with van der Waals surface area (Å²) in [5.41, 5.74) is 0.0345. The van der Waals surface area contributed by atoms with Gasteiger partial charge in [-0.05, 0) is 32.4 Å². The lowest BCUT2D eigenvalue weighted by Crippen LogP contribution is -2.45. The van der Waals surface area contributed by atoms with Gasteiger partial charge in [0.2, 0.25) is 5.28 Å². The molecule has 0 radical (unpaired) electrons. The number of anilines is 1. The van der Waals surface area contributed by atoms with Crippen LogP contribution in [-0.2, 0) is 30.4 Å². The van der Waals surface area contributed by atoms with Crippen molar-refractivity contribution in [3.8, 4) is 5.75 Å². The van der Waals surface area contributed by atoms with Gasteiger partial charge in [-0.3, -0.25) is 0 Å². The summed E-state index contributed by atoms with van der Waals surface area (Å²) in [6.45, 7) is 6.03.